The second kappa shape index (κ2) is 9.14. The van der Waals surface area contributed by atoms with Gasteiger partial charge in [0.1, 0.15) is 10.6 Å². The summed E-state index contributed by atoms with van der Waals surface area (Å²) in [6.45, 7) is 11.4. The van der Waals surface area contributed by atoms with Crippen LogP contribution in [0, 0.1) is 20.8 Å². The van der Waals surface area contributed by atoms with Crippen molar-refractivity contribution in [3.63, 3.8) is 0 Å². The predicted octanol–water partition coefficient (Wildman–Crippen LogP) is 3.41. The van der Waals surface area contributed by atoms with Crippen LogP contribution in [0.5, 0.6) is 0 Å². The van der Waals surface area contributed by atoms with Crippen LogP contribution in [0.15, 0.2) is 29.3 Å². The van der Waals surface area contributed by atoms with Crippen LogP contribution in [0.2, 0.25) is 0 Å². The first-order valence-electron chi connectivity index (χ1n) is 9.93. The Morgan fingerprint density at radius 2 is 1.60 bits per heavy atom. The van der Waals surface area contributed by atoms with E-state index in [1.807, 2.05) is 26.8 Å². The average molecular weight is 435 g/mol. The molecule has 0 saturated heterocycles. The molecule has 1 atom stereocenters. The smallest absolute Gasteiger partial charge is 0.355 e. The second-order valence-corrected chi connectivity index (χ2v) is 9.36. The molecule has 0 amide bonds. The van der Waals surface area contributed by atoms with Crippen LogP contribution in [0.25, 0.3) is 0 Å². The number of hydrogen-bond acceptors (Lipinski definition) is 5. The lowest BCUT2D eigenvalue weighted by Gasteiger charge is -2.17. The first-order valence-corrected chi connectivity index (χ1v) is 11.4. The molecule has 1 aromatic carbocycles. The fraction of sp³-hybridized carbons (Fsp3) is 0.455. The summed E-state index contributed by atoms with van der Waals surface area (Å²) >= 11 is 0. The number of ether oxygens (including phenoxy) is 1. The minimum atomic E-state index is -3.70. The Morgan fingerprint density at radius 3 is 2.17 bits per heavy atom. The van der Waals surface area contributed by atoms with Crippen molar-refractivity contribution in [3.8, 4) is 0 Å². The van der Waals surface area contributed by atoms with E-state index in [9.17, 15) is 18.0 Å². The summed E-state index contributed by atoms with van der Waals surface area (Å²) in [6, 6.07) is 5.02. The molecule has 1 aromatic heterocycles. The summed E-state index contributed by atoms with van der Waals surface area (Å²) in [5.41, 5.74) is 3.46. The highest BCUT2D eigenvalue weighted by Crippen LogP contribution is 2.21. The molecule has 1 heterocycles. The Balaban J connectivity index is 2.25. The molecule has 30 heavy (non-hydrogen) atoms. The number of ketones is 1. The number of esters is 1. The fourth-order valence-corrected chi connectivity index (χ4v) is 4.84. The molecule has 0 bridgehead atoms. The maximum atomic E-state index is 12.8. The van der Waals surface area contributed by atoms with E-state index in [1.54, 1.807) is 27.0 Å². The van der Waals surface area contributed by atoms with E-state index in [1.165, 1.54) is 28.1 Å². The molecule has 0 aliphatic rings. The standard InChI is InChI=1S/C22H30N2O5S/c1-8-24(9-2)30(27,28)18-12-20(23(7)13-18)22(26)29-17(6)21(25)19-11-15(4)14(3)10-16(19)5/h10-13,17H,8-9H2,1-7H3. The third kappa shape index (κ3) is 4.65. The first kappa shape index (κ1) is 23.8. The lowest BCUT2D eigenvalue weighted by molar-refractivity contribution is 0.0309. The van der Waals surface area contributed by atoms with Gasteiger partial charge in [-0.05, 0) is 56.5 Å². The van der Waals surface area contributed by atoms with Gasteiger partial charge >= 0.3 is 5.97 Å². The molecule has 0 N–H and O–H groups in total. The number of carbonyl (C=O) groups excluding carboxylic acids is 2. The Hall–Kier alpha value is -2.45. The predicted molar refractivity (Wildman–Crippen MR) is 115 cm³/mol. The second-order valence-electron chi connectivity index (χ2n) is 7.42. The summed E-state index contributed by atoms with van der Waals surface area (Å²) in [5.74, 6) is -1.05. The van der Waals surface area contributed by atoms with E-state index in [0.717, 1.165) is 16.7 Å². The summed E-state index contributed by atoms with van der Waals surface area (Å²) in [6.07, 6.45) is 0.376. The van der Waals surface area contributed by atoms with Crippen molar-refractivity contribution in [2.75, 3.05) is 13.1 Å². The van der Waals surface area contributed by atoms with Gasteiger partial charge in [-0.3, -0.25) is 4.79 Å². The fourth-order valence-electron chi connectivity index (χ4n) is 3.31. The molecular formula is C22H30N2O5S. The van der Waals surface area contributed by atoms with Gasteiger partial charge in [-0.15, -0.1) is 0 Å². The zero-order valence-corrected chi connectivity index (χ0v) is 19.5. The summed E-state index contributed by atoms with van der Waals surface area (Å²) < 4.78 is 33.5. The lowest BCUT2D eigenvalue weighted by Crippen LogP contribution is -2.30. The number of rotatable bonds is 8. The van der Waals surface area contributed by atoms with Gasteiger partial charge in [-0.25, -0.2) is 13.2 Å². The zero-order valence-electron chi connectivity index (χ0n) is 18.6. The topological polar surface area (TPSA) is 85.7 Å². The Bertz CT molecular complexity index is 1070. The molecule has 0 spiro atoms. The lowest BCUT2D eigenvalue weighted by atomic mass is 9.96. The normalized spacial score (nSPS) is 12.8. The number of carbonyl (C=O) groups is 2. The molecular weight excluding hydrogens is 404 g/mol. The van der Waals surface area contributed by atoms with Gasteiger partial charge in [0, 0.05) is 31.9 Å². The number of nitrogens with zero attached hydrogens (tertiary/aromatic N) is 2. The first-order chi connectivity index (χ1) is 13.9. The van der Waals surface area contributed by atoms with E-state index in [4.69, 9.17) is 4.74 Å². The maximum Gasteiger partial charge on any atom is 0.355 e. The Morgan fingerprint density at radius 1 is 1.03 bits per heavy atom. The molecule has 0 aliphatic carbocycles. The molecule has 7 nitrogen and oxygen atoms in total. The van der Waals surface area contributed by atoms with E-state index in [0.29, 0.717) is 18.7 Å². The third-order valence-corrected chi connectivity index (χ3v) is 7.31. The van der Waals surface area contributed by atoms with Crippen molar-refractivity contribution in [3.05, 3.63) is 52.3 Å². The number of sulfonamides is 1. The number of aryl methyl sites for hydroxylation is 4. The van der Waals surface area contributed by atoms with Crippen LogP contribution < -0.4 is 0 Å². The van der Waals surface area contributed by atoms with Crippen LogP contribution in [-0.2, 0) is 21.8 Å². The van der Waals surface area contributed by atoms with Crippen LogP contribution >= 0.6 is 0 Å². The molecule has 0 radical (unpaired) electrons. The van der Waals surface area contributed by atoms with Crippen LogP contribution in [0.4, 0.5) is 0 Å². The van der Waals surface area contributed by atoms with Crippen molar-refractivity contribution in [2.45, 2.75) is 52.5 Å². The summed E-state index contributed by atoms with van der Waals surface area (Å²) in [7, 11) is -2.13. The highest BCUT2D eigenvalue weighted by Gasteiger charge is 2.28. The molecule has 1 unspecified atom stereocenters. The Kier molecular flexibility index (Phi) is 7.26. The SMILES string of the molecule is CCN(CC)S(=O)(=O)c1cc(C(=O)OC(C)C(=O)c2cc(C)c(C)cc2C)n(C)c1. The van der Waals surface area contributed by atoms with Gasteiger partial charge in [0.2, 0.25) is 15.8 Å². The van der Waals surface area contributed by atoms with Gasteiger partial charge in [-0.1, -0.05) is 19.9 Å². The minimum Gasteiger partial charge on any atom is -0.450 e. The number of aromatic nitrogens is 1. The molecule has 8 heteroatoms. The highest BCUT2D eigenvalue weighted by molar-refractivity contribution is 7.89. The van der Waals surface area contributed by atoms with Crippen molar-refractivity contribution in [2.24, 2.45) is 7.05 Å². The van der Waals surface area contributed by atoms with E-state index >= 15 is 0 Å². The van der Waals surface area contributed by atoms with Gasteiger partial charge in [0.25, 0.3) is 0 Å². The Labute approximate surface area is 178 Å². The largest absolute Gasteiger partial charge is 0.450 e. The summed E-state index contributed by atoms with van der Waals surface area (Å²) in [4.78, 5) is 25.5. The van der Waals surface area contributed by atoms with Gasteiger partial charge < -0.3 is 9.30 Å². The van der Waals surface area contributed by atoms with Crippen molar-refractivity contribution < 1.29 is 22.7 Å². The molecule has 164 valence electrons. The van der Waals surface area contributed by atoms with Crippen LogP contribution in [-0.4, -0.2) is 48.2 Å². The quantitative estimate of drug-likeness (QED) is 0.469. The number of benzene rings is 1. The van der Waals surface area contributed by atoms with Gasteiger partial charge in [0.15, 0.2) is 6.10 Å². The zero-order chi connectivity index (χ0) is 22.8. The van der Waals surface area contributed by atoms with E-state index < -0.39 is 22.1 Å². The maximum absolute atomic E-state index is 12.8. The molecule has 2 rings (SSSR count). The highest BCUT2D eigenvalue weighted by atomic mass is 32.2. The number of hydrogen-bond donors (Lipinski definition) is 0. The summed E-state index contributed by atoms with van der Waals surface area (Å²) in [5, 5.41) is 0. The van der Waals surface area contributed by atoms with Crippen molar-refractivity contribution in [1.29, 1.82) is 0 Å². The molecule has 2 aromatic rings. The molecule has 0 aliphatic heterocycles. The van der Waals surface area contributed by atoms with Gasteiger partial charge in [-0.2, -0.15) is 4.31 Å². The monoisotopic (exact) mass is 434 g/mol. The van der Waals surface area contributed by atoms with Crippen molar-refractivity contribution in [1.82, 2.24) is 8.87 Å². The minimum absolute atomic E-state index is 0.0182. The van der Waals surface area contributed by atoms with Crippen LogP contribution in [0.1, 0.15) is 58.3 Å². The molecule has 0 fully saturated rings. The molecule has 0 saturated carbocycles. The van der Waals surface area contributed by atoms with Crippen molar-refractivity contribution >= 4 is 21.8 Å². The van der Waals surface area contributed by atoms with E-state index in [2.05, 4.69) is 0 Å². The average Bonchev–Trinajstić information content (AvgIpc) is 3.07. The van der Waals surface area contributed by atoms with Crippen LogP contribution in [0.3, 0.4) is 0 Å². The van der Waals surface area contributed by atoms with E-state index in [-0.39, 0.29) is 16.4 Å². The third-order valence-electron chi connectivity index (χ3n) is 5.29. The van der Waals surface area contributed by atoms with Gasteiger partial charge in [0.05, 0.1) is 0 Å². The number of Topliss-reactive ketones (excluding diaryl/α,β-unsaturated/α-hetero) is 1.